The van der Waals surface area contributed by atoms with E-state index < -0.39 is 0 Å². The van der Waals surface area contributed by atoms with E-state index in [4.69, 9.17) is 31.2 Å². The molecule has 2 aromatic carbocycles. The molecule has 0 spiro atoms. The minimum absolute atomic E-state index is 0.00712. The molecule has 0 amide bonds. The van der Waals surface area contributed by atoms with Crippen LogP contribution < -0.4 is 18.9 Å². The Bertz CT molecular complexity index is 1130. The Morgan fingerprint density at radius 2 is 1.67 bits per heavy atom. The maximum absolute atomic E-state index is 9.97. The zero-order valence-electron chi connectivity index (χ0n) is 16.6. The first-order chi connectivity index (χ1) is 14.4. The third-order valence-electron chi connectivity index (χ3n) is 4.17. The van der Waals surface area contributed by atoms with E-state index in [1.807, 2.05) is 0 Å². The number of nitrogens with zero attached hydrogens (tertiary/aromatic N) is 3. The van der Waals surface area contributed by atoms with Gasteiger partial charge < -0.3 is 24.1 Å². The number of halogens is 1. The van der Waals surface area contributed by atoms with Crippen LogP contribution >= 0.6 is 28.1 Å². The van der Waals surface area contributed by atoms with Crippen LogP contribution in [0, 0.1) is 4.77 Å². The first-order valence-corrected chi connectivity index (χ1v) is 9.72. The fraction of sp³-hybridized carbons (Fsp3) is 0.211. The maximum atomic E-state index is 9.97. The highest BCUT2D eigenvalue weighted by Gasteiger charge is 2.17. The molecule has 2 N–H and O–H groups in total. The summed E-state index contributed by atoms with van der Waals surface area (Å²) >= 11 is 8.61. The fourth-order valence-electron chi connectivity index (χ4n) is 2.74. The molecule has 0 aliphatic heterocycles. The average Bonchev–Trinajstić information content (AvgIpc) is 3.13. The number of benzene rings is 2. The lowest BCUT2D eigenvalue weighted by molar-refractivity contribution is 0.324. The van der Waals surface area contributed by atoms with E-state index in [-0.39, 0.29) is 5.75 Å². The van der Waals surface area contributed by atoms with Gasteiger partial charge in [-0.15, -0.1) is 0 Å². The van der Waals surface area contributed by atoms with E-state index in [2.05, 4.69) is 31.2 Å². The number of rotatable bonds is 7. The van der Waals surface area contributed by atoms with Crippen LogP contribution in [0.25, 0.3) is 11.4 Å². The highest BCUT2D eigenvalue weighted by Crippen LogP contribution is 2.41. The van der Waals surface area contributed by atoms with Crippen molar-refractivity contribution in [3.63, 3.8) is 0 Å². The molecule has 3 rings (SSSR count). The molecule has 0 bridgehead atoms. The van der Waals surface area contributed by atoms with Crippen LogP contribution in [0.3, 0.4) is 0 Å². The highest BCUT2D eigenvalue weighted by atomic mass is 79.9. The molecule has 30 heavy (non-hydrogen) atoms. The molecule has 158 valence electrons. The van der Waals surface area contributed by atoms with Crippen LogP contribution in [-0.2, 0) is 0 Å². The van der Waals surface area contributed by atoms with Crippen molar-refractivity contribution < 1.29 is 24.1 Å². The quantitative estimate of drug-likeness (QED) is 0.378. The molecule has 0 fully saturated rings. The summed E-state index contributed by atoms with van der Waals surface area (Å²) in [6, 6.07) is 6.84. The lowest BCUT2D eigenvalue weighted by Crippen LogP contribution is -1.99. The van der Waals surface area contributed by atoms with Gasteiger partial charge in [-0.3, -0.25) is 0 Å². The van der Waals surface area contributed by atoms with Crippen molar-refractivity contribution in [2.45, 2.75) is 0 Å². The summed E-state index contributed by atoms with van der Waals surface area (Å²) < 4.78 is 23.6. The lowest BCUT2D eigenvalue weighted by Gasteiger charge is -2.13. The summed E-state index contributed by atoms with van der Waals surface area (Å²) in [4.78, 5) is 0. The van der Waals surface area contributed by atoms with Crippen molar-refractivity contribution in [1.29, 1.82) is 0 Å². The Hall–Kier alpha value is -3.05. The topological polar surface area (TPSA) is 103 Å². The SMILES string of the molecule is COc1cc(/C=N/n2c(-c3cc(OC)c(OC)c(OC)c3)n[nH]c2=S)cc(Br)c1O. The minimum Gasteiger partial charge on any atom is -0.503 e. The van der Waals surface area contributed by atoms with Gasteiger partial charge in [0.05, 0.1) is 39.1 Å². The van der Waals surface area contributed by atoms with E-state index in [1.54, 1.807) is 30.5 Å². The van der Waals surface area contributed by atoms with Crippen LogP contribution in [0.2, 0.25) is 0 Å². The summed E-state index contributed by atoms with van der Waals surface area (Å²) in [7, 11) is 6.07. The molecule has 9 nitrogen and oxygen atoms in total. The number of aromatic amines is 1. The number of hydrogen-bond acceptors (Lipinski definition) is 8. The lowest BCUT2D eigenvalue weighted by atomic mass is 10.1. The smallest absolute Gasteiger partial charge is 0.216 e. The number of nitrogens with one attached hydrogen (secondary N) is 1. The fourth-order valence-corrected chi connectivity index (χ4v) is 3.38. The predicted molar refractivity (Wildman–Crippen MR) is 118 cm³/mol. The van der Waals surface area contributed by atoms with Crippen LogP contribution in [-0.4, -0.2) is 54.6 Å². The van der Waals surface area contributed by atoms with Crippen molar-refractivity contribution in [2.24, 2.45) is 5.10 Å². The Morgan fingerprint density at radius 3 is 2.23 bits per heavy atom. The van der Waals surface area contributed by atoms with Crippen LogP contribution in [0.15, 0.2) is 33.8 Å². The molecule has 0 saturated heterocycles. The van der Waals surface area contributed by atoms with Gasteiger partial charge in [-0.25, -0.2) is 5.10 Å². The Labute approximate surface area is 186 Å². The van der Waals surface area contributed by atoms with Crippen LogP contribution in [0.4, 0.5) is 0 Å². The molecule has 0 radical (unpaired) electrons. The molecule has 0 unspecified atom stereocenters. The van der Waals surface area contributed by atoms with E-state index in [9.17, 15) is 5.11 Å². The van der Waals surface area contributed by atoms with Crippen molar-refractivity contribution in [3.05, 3.63) is 39.1 Å². The average molecular weight is 495 g/mol. The Kier molecular flexibility index (Phi) is 6.63. The standard InChI is InChI=1S/C19H19BrN4O5S/c1-26-13-6-10(5-12(20)16(13)25)9-21-24-18(22-23-19(24)30)11-7-14(27-2)17(29-4)15(8-11)28-3/h5-9,25H,1-4H3,(H,23,30)/b21-9+. The number of methoxy groups -OCH3 is 4. The van der Waals surface area contributed by atoms with Crippen molar-refractivity contribution in [1.82, 2.24) is 14.9 Å². The second-order valence-corrected chi connectivity index (χ2v) is 7.12. The summed E-state index contributed by atoms with van der Waals surface area (Å²) in [6.07, 6.45) is 1.57. The Balaban J connectivity index is 2.08. The first-order valence-electron chi connectivity index (χ1n) is 8.52. The third kappa shape index (κ3) is 4.12. The van der Waals surface area contributed by atoms with E-state index in [0.717, 1.165) is 0 Å². The van der Waals surface area contributed by atoms with Gasteiger partial charge in [0.1, 0.15) is 0 Å². The first kappa shape index (κ1) is 21.7. The largest absolute Gasteiger partial charge is 0.503 e. The van der Waals surface area contributed by atoms with Crippen molar-refractivity contribution in [2.75, 3.05) is 28.4 Å². The monoisotopic (exact) mass is 494 g/mol. The number of phenols is 1. The van der Waals surface area contributed by atoms with Gasteiger partial charge >= 0.3 is 0 Å². The van der Waals surface area contributed by atoms with E-state index >= 15 is 0 Å². The number of H-pyrrole nitrogens is 1. The maximum Gasteiger partial charge on any atom is 0.216 e. The summed E-state index contributed by atoms with van der Waals surface area (Å²) in [5.74, 6) is 2.18. The minimum atomic E-state index is 0.00712. The Morgan fingerprint density at radius 1 is 1.03 bits per heavy atom. The van der Waals surface area contributed by atoms with Crippen LogP contribution in [0.5, 0.6) is 28.7 Å². The molecule has 0 aliphatic carbocycles. The molecule has 0 aliphatic rings. The second-order valence-electron chi connectivity index (χ2n) is 5.88. The molecule has 1 heterocycles. The van der Waals surface area contributed by atoms with Crippen LogP contribution in [0.1, 0.15) is 5.56 Å². The summed E-state index contributed by atoms with van der Waals surface area (Å²) in [5, 5.41) is 21.4. The van der Waals surface area contributed by atoms with E-state index in [0.29, 0.717) is 49.2 Å². The number of aromatic nitrogens is 3. The normalized spacial score (nSPS) is 11.0. The molecular weight excluding hydrogens is 476 g/mol. The third-order valence-corrected chi connectivity index (χ3v) is 5.04. The molecule has 11 heteroatoms. The summed E-state index contributed by atoms with van der Waals surface area (Å²) in [5.41, 5.74) is 1.33. The summed E-state index contributed by atoms with van der Waals surface area (Å²) in [6.45, 7) is 0. The van der Waals surface area contributed by atoms with Gasteiger partial charge in [0, 0.05) is 5.56 Å². The number of aromatic hydroxyl groups is 1. The number of hydrogen-bond donors (Lipinski definition) is 2. The number of ether oxygens (including phenoxy) is 4. The molecular formula is C19H19BrN4O5S. The molecule has 3 aromatic rings. The van der Waals surface area contributed by atoms with Gasteiger partial charge in [0.2, 0.25) is 10.5 Å². The predicted octanol–water partition coefficient (Wildman–Crippen LogP) is 3.99. The molecule has 0 saturated carbocycles. The molecule has 0 atom stereocenters. The van der Waals surface area contributed by atoms with Gasteiger partial charge in [0.25, 0.3) is 0 Å². The van der Waals surface area contributed by atoms with Crippen molar-refractivity contribution >= 4 is 34.4 Å². The highest BCUT2D eigenvalue weighted by molar-refractivity contribution is 9.10. The zero-order chi connectivity index (χ0) is 21.8. The molecule has 1 aromatic heterocycles. The van der Waals surface area contributed by atoms with Crippen molar-refractivity contribution in [3.8, 4) is 40.1 Å². The van der Waals surface area contributed by atoms with Gasteiger partial charge in [-0.05, 0) is 58.0 Å². The number of phenolic OH excluding ortho intramolecular Hbond substituents is 1. The zero-order valence-corrected chi connectivity index (χ0v) is 19.0. The van der Waals surface area contributed by atoms with Gasteiger partial charge in [-0.1, -0.05) is 0 Å². The van der Waals surface area contributed by atoms with E-state index in [1.165, 1.54) is 33.1 Å². The van der Waals surface area contributed by atoms with Gasteiger partial charge in [0.15, 0.2) is 28.8 Å². The van der Waals surface area contributed by atoms with Gasteiger partial charge in [-0.2, -0.15) is 14.9 Å². The second kappa shape index (κ2) is 9.18.